The molecular weight excluding hydrogens is 392 g/mol. The molecule has 3 amide bonds. The molecule has 1 aliphatic heterocycles. The minimum Gasteiger partial charge on any atom is -0.457 e. The number of nitrogens with two attached hydrogens (primary N) is 1. The van der Waals surface area contributed by atoms with E-state index in [-0.39, 0.29) is 30.8 Å². The predicted molar refractivity (Wildman–Crippen MR) is 114 cm³/mol. The van der Waals surface area contributed by atoms with E-state index in [1.165, 1.54) is 0 Å². The van der Waals surface area contributed by atoms with Crippen LogP contribution in [0.25, 0.3) is 0 Å². The molecule has 0 saturated carbocycles. The number of primary amides is 1. The smallest absolute Gasteiger partial charge is 0.312 e. The van der Waals surface area contributed by atoms with Crippen molar-refractivity contribution < 1.29 is 14.3 Å². The number of carbonyl (C=O) groups excluding carboxylic acids is 2. The van der Waals surface area contributed by atoms with E-state index in [9.17, 15) is 9.59 Å². The lowest BCUT2D eigenvalue weighted by atomic mass is 10.0. The Kier molecular flexibility index (Phi) is 8.76. The molecule has 156 valence electrons. The van der Waals surface area contributed by atoms with Crippen molar-refractivity contribution in [1.29, 1.82) is 0 Å². The highest BCUT2D eigenvalue weighted by Crippen LogP contribution is 2.26. The molecular formula is C21H27ClN4O3. The number of ether oxygens (including phenoxy) is 1. The minimum atomic E-state index is -0.675. The number of nitrogens with one attached hydrogen (secondary N) is 3. The molecule has 0 radical (unpaired) electrons. The summed E-state index contributed by atoms with van der Waals surface area (Å²) in [5, 5.41) is 8.95. The molecule has 3 rings (SSSR count). The Balaban J connectivity index is 0.00000300. The van der Waals surface area contributed by atoms with Gasteiger partial charge in [0.25, 0.3) is 0 Å². The first-order valence-electron chi connectivity index (χ1n) is 9.49. The molecule has 0 bridgehead atoms. The fraction of sp³-hybridized carbons (Fsp3) is 0.333. The highest BCUT2D eigenvalue weighted by molar-refractivity contribution is 5.85. The standard InChI is InChI=1S/C21H26N4O3.ClH/c22-21(27)25-19(13-20(26)24-16-7-5-11-23-14-16)15-6-4-10-18(12-15)28-17-8-2-1-3-9-17;/h1-4,6,8-10,12,16,19,23H,5,7,11,13-14H2,(H,24,26)(H3,22,25,27);1H. The molecule has 0 spiro atoms. The van der Waals surface area contributed by atoms with E-state index in [1.54, 1.807) is 0 Å². The summed E-state index contributed by atoms with van der Waals surface area (Å²) in [6.45, 7) is 1.74. The van der Waals surface area contributed by atoms with E-state index in [1.807, 2.05) is 54.6 Å². The van der Waals surface area contributed by atoms with Gasteiger partial charge >= 0.3 is 6.03 Å². The van der Waals surface area contributed by atoms with Crippen molar-refractivity contribution in [3.63, 3.8) is 0 Å². The van der Waals surface area contributed by atoms with Gasteiger partial charge in [-0.05, 0) is 49.2 Å². The number of amides is 3. The summed E-state index contributed by atoms with van der Waals surface area (Å²) in [4.78, 5) is 24.0. The Bertz CT molecular complexity index is 798. The first-order chi connectivity index (χ1) is 13.6. The molecule has 2 aromatic rings. The minimum absolute atomic E-state index is 0. The Morgan fingerprint density at radius 3 is 2.59 bits per heavy atom. The normalized spacial score (nSPS) is 16.8. The van der Waals surface area contributed by atoms with Crippen LogP contribution in [-0.2, 0) is 4.79 Å². The largest absolute Gasteiger partial charge is 0.457 e. The molecule has 1 heterocycles. The number of hydrogen-bond acceptors (Lipinski definition) is 4. The van der Waals surface area contributed by atoms with Crippen LogP contribution >= 0.6 is 12.4 Å². The van der Waals surface area contributed by atoms with Gasteiger partial charge in [-0.2, -0.15) is 0 Å². The van der Waals surface area contributed by atoms with Crippen LogP contribution in [0.5, 0.6) is 11.5 Å². The molecule has 8 heteroatoms. The lowest BCUT2D eigenvalue weighted by molar-refractivity contribution is -0.122. The van der Waals surface area contributed by atoms with E-state index in [0.29, 0.717) is 11.5 Å². The fourth-order valence-corrected chi connectivity index (χ4v) is 3.29. The van der Waals surface area contributed by atoms with Crippen LogP contribution in [0.3, 0.4) is 0 Å². The number of hydrogen-bond donors (Lipinski definition) is 4. The Morgan fingerprint density at radius 1 is 1.14 bits per heavy atom. The first-order valence-corrected chi connectivity index (χ1v) is 9.49. The molecule has 0 aliphatic carbocycles. The Hall–Kier alpha value is -2.77. The van der Waals surface area contributed by atoms with Gasteiger partial charge in [0.15, 0.2) is 0 Å². The van der Waals surface area contributed by atoms with Crippen molar-refractivity contribution in [1.82, 2.24) is 16.0 Å². The maximum atomic E-state index is 12.5. The molecule has 2 aromatic carbocycles. The number of carbonyl (C=O) groups is 2. The first kappa shape index (κ1) is 22.5. The fourth-order valence-electron chi connectivity index (χ4n) is 3.29. The third-order valence-corrected chi connectivity index (χ3v) is 4.61. The molecule has 7 nitrogen and oxygen atoms in total. The van der Waals surface area contributed by atoms with Crippen LogP contribution in [0, 0.1) is 0 Å². The summed E-state index contributed by atoms with van der Waals surface area (Å²) >= 11 is 0. The SMILES string of the molecule is Cl.NC(=O)NC(CC(=O)NC1CCCNC1)c1cccc(Oc2ccccc2)c1. The van der Waals surface area contributed by atoms with Crippen molar-refractivity contribution in [3.05, 3.63) is 60.2 Å². The summed E-state index contributed by atoms with van der Waals surface area (Å²) in [5.41, 5.74) is 6.08. The maximum Gasteiger partial charge on any atom is 0.312 e. The number of halogens is 1. The van der Waals surface area contributed by atoms with Crippen LogP contribution in [0.15, 0.2) is 54.6 Å². The van der Waals surface area contributed by atoms with Crippen LogP contribution in [0.2, 0.25) is 0 Å². The highest BCUT2D eigenvalue weighted by atomic mass is 35.5. The van der Waals surface area contributed by atoms with Crippen LogP contribution in [0.1, 0.15) is 30.9 Å². The molecule has 29 heavy (non-hydrogen) atoms. The number of para-hydroxylation sites is 1. The Labute approximate surface area is 176 Å². The third-order valence-electron chi connectivity index (χ3n) is 4.61. The summed E-state index contributed by atoms with van der Waals surface area (Å²) in [6.07, 6.45) is 2.09. The summed E-state index contributed by atoms with van der Waals surface area (Å²) in [7, 11) is 0. The van der Waals surface area contributed by atoms with Gasteiger partial charge in [-0.1, -0.05) is 30.3 Å². The molecule has 2 atom stereocenters. The van der Waals surface area contributed by atoms with E-state index >= 15 is 0 Å². The zero-order chi connectivity index (χ0) is 19.8. The lowest BCUT2D eigenvalue weighted by Gasteiger charge is -2.25. The zero-order valence-electron chi connectivity index (χ0n) is 16.1. The summed E-state index contributed by atoms with van der Waals surface area (Å²) < 4.78 is 5.85. The molecule has 2 unspecified atom stereocenters. The van der Waals surface area contributed by atoms with Gasteiger partial charge in [-0.15, -0.1) is 12.4 Å². The van der Waals surface area contributed by atoms with Crippen molar-refractivity contribution in [2.75, 3.05) is 13.1 Å². The van der Waals surface area contributed by atoms with E-state index < -0.39 is 12.1 Å². The monoisotopic (exact) mass is 418 g/mol. The van der Waals surface area contributed by atoms with Gasteiger partial charge in [0.05, 0.1) is 12.5 Å². The second-order valence-corrected chi connectivity index (χ2v) is 6.86. The van der Waals surface area contributed by atoms with Gasteiger partial charge in [-0.25, -0.2) is 4.79 Å². The van der Waals surface area contributed by atoms with Gasteiger partial charge in [0, 0.05) is 12.6 Å². The number of benzene rings is 2. The molecule has 0 aromatic heterocycles. The van der Waals surface area contributed by atoms with Crippen LogP contribution in [-0.4, -0.2) is 31.1 Å². The Morgan fingerprint density at radius 2 is 1.90 bits per heavy atom. The van der Waals surface area contributed by atoms with E-state index in [2.05, 4.69) is 16.0 Å². The molecule has 1 aliphatic rings. The average Bonchev–Trinajstić information content (AvgIpc) is 2.69. The molecule has 1 fully saturated rings. The number of rotatable bonds is 7. The van der Waals surface area contributed by atoms with Crippen LogP contribution < -0.4 is 26.4 Å². The lowest BCUT2D eigenvalue weighted by Crippen LogP contribution is -2.46. The molecule has 5 N–H and O–H groups in total. The summed E-state index contributed by atoms with van der Waals surface area (Å²) in [6, 6.07) is 15.6. The van der Waals surface area contributed by atoms with Gasteiger partial charge in [-0.3, -0.25) is 4.79 Å². The van der Waals surface area contributed by atoms with Crippen LogP contribution in [0.4, 0.5) is 4.79 Å². The third kappa shape index (κ3) is 7.29. The van der Waals surface area contributed by atoms with Crippen molar-refractivity contribution in [3.8, 4) is 11.5 Å². The maximum absolute atomic E-state index is 12.5. The second-order valence-electron chi connectivity index (χ2n) is 6.86. The average molecular weight is 419 g/mol. The topological polar surface area (TPSA) is 105 Å². The quantitative estimate of drug-likeness (QED) is 0.554. The number of piperidine rings is 1. The second kappa shape index (κ2) is 11.3. The van der Waals surface area contributed by atoms with Crippen molar-refractivity contribution >= 4 is 24.3 Å². The van der Waals surface area contributed by atoms with Gasteiger partial charge < -0.3 is 26.4 Å². The van der Waals surface area contributed by atoms with E-state index in [4.69, 9.17) is 10.5 Å². The predicted octanol–water partition coefficient (Wildman–Crippen LogP) is 2.87. The van der Waals surface area contributed by atoms with Crippen molar-refractivity contribution in [2.24, 2.45) is 5.73 Å². The summed E-state index contributed by atoms with van der Waals surface area (Å²) in [5.74, 6) is 1.21. The molecule has 1 saturated heterocycles. The van der Waals surface area contributed by atoms with Gasteiger partial charge in [0.2, 0.25) is 5.91 Å². The highest BCUT2D eigenvalue weighted by Gasteiger charge is 2.21. The van der Waals surface area contributed by atoms with Gasteiger partial charge in [0.1, 0.15) is 11.5 Å². The zero-order valence-corrected chi connectivity index (χ0v) is 16.9. The van der Waals surface area contributed by atoms with Crippen molar-refractivity contribution in [2.45, 2.75) is 31.3 Å². The van der Waals surface area contributed by atoms with E-state index in [0.717, 1.165) is 31.5 Å². The number of urea groups is 1.